The number of anilines is 1. The summed E-state index contributed by atoms with van der Waals surface area (Å²) in [5, 5.41) is 16.9. The molecule has 1 N–H and O–H groups in total. The van der Waals surface area contributed by atoms with Crippen molar-refractivity contribution in [3.63, 3.8) is 0 Å². The lowest BCUT2D eigenvalue weighted by Crippen LogP contribution is -1.85. The number of para-hydroxylation sites is 1. The number of nitrogens with zero attached hydrogens (tertiary/aromatic N) is 3. The lowest BCUT2D eigenvalue weighted by molar-refractivity contribution is 1.12. The molecule has 88 valence electrons. The van der Waals surface area contributed by atoms with Crippen molar-refractivity contribution in [2.75, 3.05) is 5.43 Å². The Balaban J connectivity index is 2.13. The van der Waals surface area contributed by atoms with Crippen LogP contribution in [0.2, 0.25) is 0 Å². The highest BCUT2D eigenvalue weighted by Crippen LogP contribution is 2.20. The average molecular weight is 236 g/mol. The topological polar surface area (TPSA) is 60.5 Å². The molecule has 0 bridgehead atoms. The van der Waals surface area contributed by atoms with Gasteiger partial charge in [-0.05, 0) is 36.8 Å². The summed E-state index contributed by atoms with van der Waals surface area (Å²) in [6.45, 7) is 1.93. The molecule has 0 aliphatic heterocycles. The van der Waals surface area contributed by atoms with Gasteiger partial charge in [0.15, 0.2) is 0 Å². The lowest BCUT2D eigenvalue weighted by Gasteiger charge is -1.99. The van der Waals surface area contributed by atoms with E-state index in [1.807, 2.05) is 43.3 Å². The lowest BCUT2D eigenvalue weighted by atomic mass is 10.1. The first-order chi connectivity index (χ1) is 8.79. The Kier molecular flexibility index (Phi) is 3.67. The zero-order valence-electron chi connectivity index (χ0n) is 9.96. The molecule has 0 saturated carbocycles. The summed E-state index contributed by atoms with van der Waals surface area (Å²) >= 11 is 0. The molecule has 0 aromatic heterocycles. The highest BCUT2D eigenvalue weighted by molar-refractivity contribution is 5.54. The van der Waals surface area contributed by atoms with Crippen LogP contribution in [0.25, 0.3) is 0 Å². The van der Waals surface area contributed by atoms with Gasteiger partial charge in [0, 0.05) is 0 Å². The third-order valence-electron chi connectivity index (χ3n) is 2.38. The number of rotatable bonds is 3. The molecule has 4 heteroatoms. The number of nitrogens with one attached hydrogen (secondary N) is 1. The second kappa shape index (κ2) is 5.60. The van der Waals surface area contributed by atoms with E-state index in [0.29, 0.717) is 11.3 Å². The fourth-order valence-electron chi connectivity index (χ4n) is 1.48. The fraction of sp³-hybridized carbons (Fsp3) is 0.0714. The largest absolute Gasteiger partial charge is 0.260 e. The average Bonchev–Trinajstić information content (AvgIpc) is 2.41. The zero-order valence-corrected chi connectivity index (χ0v) is 9.96. The maximum absolute atomic E-state index is 8.99. The summed E-state index contributed by atoms with van der Waals surface area (Å²) < 4.78 is 0. The molecule has 2 rings (SSSR count). The van der Waals surface area contributed by atoms with E-state index in [9.17, 15) is 0 Å². The van der Waals surface area contributed by atoms with Gasteiger partial charge in [-0.25, -0.2) is 0 Å². The van der Waals surface area contributed by atoms with Gasteiger partial charge in [0.1, 0.15) is 11.8 Å². The molecule has 0 unspecified atom stereocenters. The normalized spacial score (nSPS) is 10.2. The van der Waals surface area contributed by atoms with Gasteiger partial charge in [-0.2, -0.15) is 5.26 Å². The van der Waals surface area contributed by atoms with Gasteiger partial charge in [-0.15, -0.1) is 5.11 Å². The molecule has 0 aliphatic carbocycles. The third kappa shape index (κ3) is 2.92. The van der Waals surface area contributed by atoms with E-state index >= 15 is 0 Å². The smallest absolute Gasteiger partial charge is 0.105 e. The maximum Gasteiger partial charge on any atom is 0.105 e. The van der Waals surface area contributed by atoms with Crippen LogP contribution in [0.4, 0.5) is 11.4 Å². The molecule has 0 spiro atoms. The number of benzene rings is 2. The summed E-state index contributed by atoms with van der Waals surface area (Å²) in [5.41, 5.74) is 5.77. The van der Waals surface area contributed by atoms with Gasteiger partial charge in [0.05, 0.1) is 11.3 Å². The first-order valence-corrected chi connectivity index (χ1v) is 5.52. The number of hydrogen-bond acceptors (Lipinski definition) is 3. The molecule has 18 heavy (non-hydrogen) atoms. The minimum Gasteiger partial charge on any atom is -0.260 e. The van der Waals surface area contributed by atoms with Crippen LogP contribution in [0.5, 0.6) is 0 Å². The Bertz CT molecular complexity index is 597. The van der Waals surface area contributed by atoms with Crippen LogP contribution in [0.15, 0.2) is 58.9 Å². The van der Waals surface area contributed by atoms with Crippen LogP contribution >= 0.6 is 0 Å². The van der Waals surface area contributed by atoms with Crippen molar-refractivity contribution in [2.45, 2.75) is 6.92 Å². The van der Waals surface area contributed by atoms with Crippen molar-refractivity contribution < 1.29 is 0 Å². The van der Waals surface area contributed by atoms with E-state index in [4.69, 9.17) is 5.26 Å². The van der Waals surface area contributed by atoms with E-state index in [1.165, 1.54) is 0 Å². The standard InChI is InChI=1S/C14H12N4/c1-11-7-8-14(12(9-11)10-15)17-18-16-13-5-3-2-4-6-13/h2-9H,1H3,(H,16,17). The van der Waals surface area contributed by atoms with E-state index in [2.05, 4.69) is 21.8 Å². The molecule has 0 saturated heterocycles. The van der Waals surface area contributed by atoms with Crippen LogP contribution in [0.3, 0.4) is 0 Å². The van der Waals surface area contributed by atoms with Gasteiger partial charge in [-0.3, -0.25) is 5.43 Å². The van der Waals surface area contributed by atoms with Gasteiger partial charge in [0.2, 0.25) is 0 Å². The van der Waals surface area contributed by atoms with Crippen molar-refractivity contribution in [1.29, 1.82) is 5.26 Å². The number of nitriles is 1. The van der Waals surface area contributed by atoms with Crippen molar-refractivity contribution in [3.8, 4) is 6.07 Å². The molecule has 0 radical (unpaired) electrons. The molecule has 4 nitrogen and oxygen atoms in total. The van der Waals surface area contributed by atoms with Crippen LogP contribution < -0.4 is 5.43 Å². The Morgan fingerprint density at radius 2 is 1.89 bits per heavy atom. The molecule has 0 heterocycles. The van der Waals surface area contributed by atoms with E-state index in [0.717, 1.165) is 11.3 Å². The van der Waals surface area contributed by atoms with E-state index in [1.54, 1.807) is 12.1 Å². The Morgan fingerprint density at radius 1 is 1.11 bits per heavy atom. The molecular weight excluding hydrogens is 224 g/mol. The predicted molar refractivity (Wildman–Crippen MR) is 70.5 cm³/mol. The van der Waals surface area contributed by atoms with Gasteiger partial charge in [0.25, 0.3) is 0 Å². The molecule has 0 aliphatic rings. The molecule has 0 atom stereocenters. The second-order valence-corrected chi connectivity index (χ2v) is 3.81. The zero-order chi connectivity index (χ0) is 12.8. The Morgan fingerprint density at radius 3 is 2.61 bits per heavy atom. The summed E-state index contributed by atoms with van der Waals surface area (Å²) in [7, 11) is 0. The van der Waals surface area contributed by atoms with Gasteiger partial charge >= 0.3 is 0 Å². The number of aryl methyl sites for hydroxylation is 1. The van der Waals surface area contributed by atoms with Crippen LogP contribution in [0.1, 0.15) is 11.1 Å². The molecule has 2 aromatic rings. The second-order valence-electron chi connectivity index (χ2n) is 3.81. The summed E-state index contributed by atoms with van der Waals surface area (Å²) in [4.78, 5) is 0. The fourth-order valence-corrected chi connectivity index (χ4v) is 1.48. The third-order valence-corrected chi connectivity index (χ3v) is 2.38. The van der Waals surface area contributed by atoms with E-state index in [-0.39, 0.29) is 0 Å². The summed E-state index contributed by atoms with van der Waals surface area (Å²) in [5.74, 6) is 0. The van der Waals surface area contributed by atoms with E-state index < -0.39 is 0 Å². The first-order valence-electron chi connectivity index (χ1n) is 5.52. The minimum atomic E-state index is 0.522. The maximum atomic E-state index is 8.99. The van der Waals surface area contributed by atoms with Crippen molar-refractivity contribution in [1.82, 2.24) is 0 Å². The van der Waals surface area contributed by atoms with Gasteiger partial charge in [-0.1, -0.05) is 29.5 Å². The minimum absolute atomic E-state index is 0.522. The highest BCUT2D eigenvalue weighted by Gasteiger charge is 2.00. The first kappa shape index (κ1) is 11.8. The quantitative estimate of drug-likeness (QED) is 0.647. The Hall–Kier alpha value is -2.67. The molecule has 0 fully saturated rings. The molecule has 0 amide bonds. The highest BCUT2D eigenvalue weighted by atomic mass is 15.4. The number of hydrogen-bond donors (Lipinski definition) is 1. The van der Waals surface area contributed by atoms with Crippen molar-refractivity contribution >= 4 is 11.4 Å². The van der Waals surface area contributed by atoms with Crippen molar-refractivity contribution in [3.05, 3.63) is 59.7 Å². The van der Waals surface area contributed by atoms with Crippen LogP contribution in [0, 0.1) is 18.3 Å². The van der Waals surface area contributed by atoms with Crippen LogP contribution in [-0.2, 0) is 0 Å². The van der Waals surface area contributed by atoms with Crippen molar-refractivity contribution in [2.24, 2.45) is 10.3 Å². The SMILES string of the molecule is Cc1ccc(N=NNc2ccccc2)c(C#N)c1. The predicted octanol–water partition coefficient (Wildman–Crippen LogP) is 3.98. The monoisotopic (exact) mass is 236 g/mol. The summed E-state index contributed by atoms with van der Waals surface area (Å²) in [6.07, 6.45) is 0. The van der Waals surface area contributed by atoms with Crippen LogP contribution in [-0.4, -0.2) is 0 Å². The Labute approximate surface area is 106 Å². The molecular formula is C14H12N4. The summed E-state index contributed by atoms with van der Waals surface area (Å²) in [6, 6.07) is 17.1. The molecule has 2 aromatic carbocycles. The van der Waals surface area contributed by atoms with Gasteiger partial charge < -0.3 is 0 Å².